The zero-order valence-corrected chi connectivity index (χ0v) is 12.0. The molecular weight excluding hydrogens is 254 g/mol. The Hall–Kier alpha value is -2.43. The maximum Gasteiger partial charge on any atom is 0.356 e. The van der Waals surface area contributed by atoms with Crippen molar-refractivity contribution in [3.63, 3.8) is 0 Å². The molecule has 1 N–H and O–H groups in total. The predicted molar refractivity (Wildman–Crippen MR) is 77.3 cm³/mol. The van der Waals surface area contributed by atoms with E-state index in [1.165, 1.54) is 12.7 Å². The number of hydrogen-bond donors (Lipinski definition) is 1. The summed E-state index contributed by atoms with van der Waals surface area (Å²) in [5.74, 6) is -0.0865. The summed E-state index contributed by atoms with van der Waals surface area (Å²) in [5, 5.41) is 3.13. The van der Waals surface area contributed by atoms with Crippen molar-refractivity contribution in [1.29, 1.82) is 0 Å². The van der Waals surface area contributed by atoms with Gasteiger partial charge in [-0.3, -0.25) is 0 Å². The largest absolute Gasteiger partial charge is 0.464 e. The number of hydrogen-bond acceptors (Lipinski definition) is 5. The second-order valence-corrected chi connectivity index (χ2v) is 4.65. The fourth-order valence-electron chi connectivity index (χ4n) is 1.91. The lowest BCUT2D eigenvalue weighted by Gasteiger charge is -2.10. The number of nitrogens with one attached hydrogen (secondary N) is 1. The minimum absolute atomic E-state index is 0.243. The number of benzene rings is 1. The van der Waals surface area contributed by atoms with Crippen LogP contribution >= 0.6 is 0 Å². The average Bonchev–Trinajstić information content (AvgIpc) is 2.40. The van der Waals surface area contributed by atoms with Crippen molar-refractivity contribution in [3.8, 4) is 0 Å². The van der Waals surface area contributed by atoms with Gasteiger partial charge in [-0.25, -0.2) is 14.8 Å². The molecule has 0 aliphatic heterocycles. The zero-order valence-electron chi connectivity index (χ0n) is 12.0. The van der Waals surface area contributed by atoms with Crippen LogP contribution in [0.1, 0.15) is 27.3 Å². The molecule has 1 heterocycles. The molecule has 0 saturated carbocycles. The van der Waals surface area contributed by atoms with E-state index in [1.54, 1.807) is 13.0 Å². The molecule has 0 amide bonds. The number of aromatic nitrogens is 2. The highest BCUT2D eigenvalue weighted by molar-refractivity contribution is 5.87. The molecule has 1 aromatic heterocycles. The summed E-state index contributed by atoms with van der Waals surface area (Å²) in [6.07, 6.45) is 0. The van der Waals surface area contributed by atoms with Gasteiger partial charge in [0.05, 0.1) is 7.11 Å². The number of ether oxygens (including phenoxy) is 1. The first-order valence-corrected chi connectivity index (χ1v) is 6.28. The molecule has 104 valence electrons. The SMILES string of the molecule is COC(=O)c1cc(C)nc(Nc2ccc(C)cc2C)n1. The highest BCUT2D eigenvalue weighted by Gasteiger charge is 2.11. The van der Waals surface area contributed by atoms with Crippen molar-refractivity contribution in [2.75, 3.05) is 12.4 Å². The summed E-state index contributed by atoms with van der Waals surface area (Å²) in [7, 11) is 1.33. The van der Waals surface area contributed by atoms with Crippen LogP contribution in [0, 0.1) is 20.8 Å². The first-order valence-electron chi connectivity index (χ1n) is 6.28. The number of esters is 1. The molecule has 0 saturated heterocycles. The van der Waals surface area contributed by atoms with E-state index >= 15 is 0 Å². The van der Waals surface area contributed by atoms with Gasteiger partial charge in [-0.15, -0.1) is 0 Å². The van der Waals surface area contributed by atoms with Crippen molar-refractivity contribution in [1.82, 2.24) is 9.97 Å². The van der Waals surface area contributed by atoms with E-state index in [0.29, 0.717) is 11.6 Å². The van der Waals surface area contributed by atoms with E-state index in [2.05, 4.69) is 26.1 Å². The van der Waals surface area contributed by atoms with E-state index < -0.39 is 5.97 Å². The maximum atomic E-state index is 11.5. The maximum absolute atomic E-state index is 11.5. The van der Waals surface area contributed by atoms with E-state index in [4.69, 9.17) is 0 Å². The molecule has 2 rings (SSSR count). The van der Waals surface area contributed by atoms with Crippen LogP contribution in [-0.4, -0.2) is 23.0 Å². The third-order valence-corrected chi connectivity index (χ3v) is 2.88. The van der Waals surface area contributed by atoms with Crippen LogP contribution in [0.4, 0.5) is 11.6 Å². The predicted octanol–water partition coefficient (Wildman–Crippen LogP) is 2.93. The minimum Gasteiger partial charge on any atom is -0.464 e. The van der Waals surface area contributed by atoms with E-state index in [0.717, 1.165) is 11.3 Å². The number of nitrogens with zero attached hydrogens (tertiary/aromatic N) is 2. The van der Waals surface area contributed by atoms with Gasteiger partial charge < -0.3 is 10.1 Å². The topological polar surface area (TPSA) is 64.1 Å². The van der Waals surface area contributed by atoms with Crippen molar-refractivity contribution in [2.24, 2.45) is 0 Å². The second kappa shape index (κ2) is 5.69. The minimum atomic E-state index is -0.473. The summed E-state index contributed by atoms with van der Waals surface area (Å²) in [4.78, 5) is 20.0. The number of anilines is 2. The van der Waals surface area contributed by atoms with Gasteiger partial charge in [-0.1, -0.05) is 17.7 Å². The molecule has 20 heavy (non-hydrogen) atoms. The standard InChI is InChI=1S/C15H17N3O2/c1-9-5-6-12(10(2)7-9)17-15-16-11(3)8-13(18-15)14(19)20-4/h5-8H,1-4H3,(H,16,17,18). The molecule has 0 atom stereocenters. The van der Waals surface area contributed by atoms with Crippen LogP contribution in [0.15, 0.2) is 24.3 Å². The first-order chi connectivity index (χ1) is 9.49. The fourth-order valence-corrected chi connectivity index (χ4v) is 1.91. The van der Waals surface area contributed by atoms with Crippen LogP contribution in [0.5, 0.6) is 0 Å². The summed E-state index contributed by atoms with van der Waals surface area (Å²) in [5.41, 5.74) is 4.14. The van der Waals surface area contributed by atoms with Crippen molar-refractivity contribution >= 4 is 17.6 Å². The lowest BCUT2D eigenvalue weighted by molar-refractivity contribution is 0.0594. The number of rotatable bonds is 3. The third kappa shape index (κ3) is 3.12. The number of carbonyl (C=O) groups is 1. The van der Waals surface area contributed by atoms with Gasteiger partial charge in [-0.05, 0) is 38.5 Å². The van der Waals surface area contributed by atoms with Gasteiger partial charge in [0.25, 0.3) is 0 Å². The monoisotopic (exact) mass is 271 g/mol. The summed E-state index contributed by atoms with van der Waals surface area (Å²) in [6, 6.07) is 7.64. The Morgan fingerprint density at radius 3 is 2.55 bits per heavy atom. The molecule has 1 aromatic carbocycles. The molecule has 5 heteroatoms. The lowest BCUT2D eigenvalue weighted by atomic mass is 10.1. The average molecular weight is 271 g/mol. The van der Waals surface area contributed by atoms with Crippen molar-refractivity contribution in [2.45, 2.75) is 20.8 Å². The molecule has 5 nitrogen and oxygen atoms in total. The third-order valence-electron chi connectivity index (χ3n) is 2.88. The highest BCUT2D eigenvalue weighted by Crippen LogP contribution is 2.19. The molecular formula is C15H17N3O2. The Kier molecular flexibility index (Phi) is 3.98. The summed E-state index contributed by atoms with van der Waals surface area (Å²) >= 11 is 0. The van der Waals surface area contributed by atoms with Gasteiger partial charge in [0, 0.05) is 11.4 Å². The van der Waals surface area contributed by atoms with Crippen molar-refractivity contribution in [3.05, 3.63) is 46.8 Å². The van der Waals surface area contributed by atoms with Crippen LogP contribution in [-0.2, 0) is 4.74 Å². The summed E-state index contributed by atoms with van der Waals surface area (Å²) in [6.45, 7) is 5.85. The lowest BCUT2D eigenvalue weighted by Crippen LogP contribution is -2.09. The van der Waals surface area contributed by atoms with Crippen LogP contribution < -0.4 is 5.32 Å². The van der Waals surface area contributed by atoms with Gasteiger partial charge in [0.2, 0.25) is 5.95 Å². The second-order valence-electron chi connectivity index (χ2n) is 4.65. The number of carbonyl (C=O) groups excluding carboxylic acids is 1. The normalized spacial score (nSPS) is 10.2. The van der Waals surface area contributed by atoms with Crippen LogP contribution in [0.3, 0.4) is 0 Å². The molecule has 0 radical (unpaired) electrons. The smallest absolute Gasteiger partial charge is 0.356 e. The highest BCUT2D eigenvalue weighted by atomic mass is 16.5. The molecule has 0 fully saturated rings. The number of aryl methyl sites for hydroxylation is 3. The zero-order chi connectivity index (χ0) is 14.7. The molecule has 0 unspecified atom stereocenters. The summed E-state index contributed by atoms with van der Waals surface area (Å²) < 4.78 is 4.68. The Bertz CT molecular complexity index is 654. The Morgan fingerprint density at radius 2 is 1.90 bits per heavy atom. The van der Waals surface area contributed by atoms with Gasteiger partial charge in [-0.2, -0.15) is 0 Å². The molecule has 2 aromatic rings. The van der Waals surface area contributed by atoms with E-state index in [9.17, 15) is 4.79 Å². The van der Waals surface area contributed by atoms with Gasteiger partial charge >= 0.3 is 5.97 Å². The van der Waals surface area contributed by atoms with Crippen LogP contribution in [0.25, 0.3) is 0 Å². The Balaban J connectivity index is 2.33. The van der Waals surface area contributed by atoms with Gasteiger partial charge in [0.1, 0.15) is 0 Å². The molecule has 0 spiro atoms. The molecule has 0 aliphatic carbocycles. The van der Waals surface area contributed by atoms with Crippen LogP contribution in [0.2, 0.25) is 0 Å². The fraction of sp³-hybridized carbons (Fsp3) is 0.267. The quantitative estimate of drug-likeness (QED) is 0.869. The molecule has 0 aliphatic rings. The van der Waals surface area contributed by atoms with E-state index in [1.807, 2.05) is 26.0 Å². The first kappa shape index (κ1) is 14.0. The molecule has 0 bridgehead atoms. The van der Waals surface area contributed by atoms with E-state index in [-0.39, 0.29) is 5.69 Å². The number of methoxy groups -OCH3 is 1. The van der Waals surface area contributed by atoms with Gasteiger partial charge in [0.15, 0.2) is 5.69 Å². The Morgan fingerprint density at radius 1 is 1.15 bits per heavy atom. The van der Waals surface area contributed by atoms with Crippen molar-refractivity contribution < 1.29 is 9.53 Å². The Labute approximate surface area is 118 Å².